The first-order valence-corrected chi connectivity index (χ1v) is 9.60. The van der Waals surface area contributed by atoms with Crippen molar-refractivity contribution in [2.45, 2.75) is 39.5 Å². The summed E-state index contributed by atoms with van der Waals surface area (Å²) in [7, 11) is 3.16. The van der Waals surface area contributed by atoms with Gasteiger partial charge in [0, 0.05) is 23.3 Å². The van der Waals surface area contributed by atoms with Crippen LogP contribution in [0.5, 0.6) is 11.5 Å². The van der Waals surface area contributed by atoms with Crippen LogP contribution in [0.25, 0.3) is 0 Å². The number of carbonyl (C=O) groups is 1. The van der Waals surface area contributed by atoms with Crippen LogP contribution in [0.15, 0.2) is 34.3 Å². The highest BCUT2D eigenvalue weighted by atomic mass is 16.5. The number of anilines is 1. The van der Waals surface area contributed by atoms with Crippen LogP contribution in [0.1, 0.15) is 49.6 Å². The van der Waals surface area contributed by atoms with E-state index >= 15 is 0 Å². The number of aromatic nitrogens is 2. The van der Waals surface area contributed by atoms with Gasteiger partial charge in [-0.15, -0.1) is 0 Å². The molecule has 0 radical (unpaired) electrons. The van der Waals surface area contributed by atoms with E-state index in [4.69, 9.17) is 9.47 Å². The predicted octanol–water partition coefficient (Wildman–Crippen LogP) is 3.30. The maximum Gasteiger partial charge on any atom is 0.257 e. The Morgan fingerprint density at radius 1 is 1.14 bits per heavy atom. The van der Waals surface area contributed by atoms with Crippen molar-refractivity contribution in [3.63, 3.8) is 0 Å². The average molecular weight is 395 g/mol. The van der Waals surface area contributed by atoms with Gasteiger partial charge in [-0.2, -0.15) is 0 Å². The van der Waals surface area contributed by atoms with Gasteiger partial charge in [-0.25, -0.2) is 4.98 Å². The molecule has 2 heterocycles. The van der Waals surface area contributed by atoms with E-state index in [0.717, 1.165) is 5.70 Å². The van der Waals surface area contributed by atoms with Crippen molar-refractivity contribution in [2.75, 3.05) is 19.5 Å². The van der Waals surface area contributed by atoms with E-state index in [1.807, 2.05) is 6.07 Å². The molecule has 0 saturated carbocycles. The molecule has 1 atom stereocenters. The van der Waals surface area contributed by atoms with Gasteiger partial charge in [0.2, 0.25) is 0 Å². The Morgan fingerprint density at radius 2 is 1.90 bits per heavy atom. The highest BCUT2D eigenvalue weighted by Gasteiger charge is 2.43. The lowest BCUT2D eigenvalue weighted by Crippen LogP contribution is -2.37. The van der Waals surface area contributed by atoms with Crippen molar-refractivity contribution < 1.29 is 14.3 Å². The highest BCUT2D eigenvalue weighted by molar-refractivity contribution is 6.01. The van der Waals surface area contributed by atoms with Gasteiger partial charge >= 0.3 is 0 Å². The van der Waals surface area contributed by atoms with Crippen molar-refractivity contribution in [2.24, 2.45) is 5.41 Å². The number of nitrogens with one attached hydrogen (secondary N) is 2. The molecule has 29 heavy (non-hydrogen) atoms. The van der Waals surface area contributed by atoms with Crippen molar-refractivity contribution in [1.29, 1.82) is 0 Å². The summed E-state index contributed by atoms with van der Waals surface area (Å²) in [5.74, 6) is 1.68. The van der Waals surface area contributed by atoms with Gasteiger partial charge < -0.3 is 19.8 Å². The lowest BCUT2D eigenvalue weighted by molar-refractivity contribution is -0.118. The Morgan fingerprint density at radius 3 is 2.59 bits per heavy atom. The Labute approximate surface area is 169 Å². The molecule has 4 rings (SSSR count). The van der Waals surface area contributed by atoms with Crippen LogP contribution in [0.2, 0.25) is 0 Å². The van der Waals surface area contributed by atoms with Crippen LogP contribution < -0.4 is 20.3 Å². The molecule has 7 heteroatoms. The number of hydrogen-bond donors (Lipinski definition) is 2. The summed E-state index contributed by atoms with van der Waals surface area (Å²) in [4.78, 5) is 33.6. The molecule has 0 amide bonds. The zero-order valence-electron chi connectivity index (χ0n) is 17.3. The monoisotopic (exact) mass is 395 g/mol. The second-order valence-corrected chi connectivity index (χ2v) is 8.41. The van der Waals surface area contributed by atoms with Crippen LogP contribution in [-0.2, 0) is 4.79 Å². The molecular weight excluding hydrogens is 370 g/mol. The third-order valence-corrected chi connectivity index (χ3v) is 5.59. The number of rotatable bonds is 3. The topological polar surface area (TPSA) is 93.3 Å². The molecule has 1 aliphatic carbocycles. The van der Waals surface area contributed by atoms with Gasteiger partial charge in [0.05, 0.1) is 25.7 Å². The summed E-state index contributed by atoms with van der Waals surface area (Å²) in [5, 5.41) is 3.29. The number of nitrogens with zero attached hydrogens (tertiary/aromatic N) is 1. The minimum absolute atomic E-state index is 0.0317. The molecule has 0 fully saturated rings. The minimum Gasteiger partial charge on any atom is -0.497 e. The summed E-state index contributed by atoms with van der Waals surface area (Å²) in [5.41, 5.74) is 2.14. The number of H-pyrrole nitrogens is 1. The van der Waals surface area contributed by atoms with Gasteiger partial charge in [0.25, 0.3) is 5.56 Å². The molecule has 0 spiro atoms. The number of hydrogen-bond acceptors (Lipinski definition) is 6. The SMILES string of the molecule is COc1ccc(OC)c([C@H]2C3=C(CC(C)(C)CC3=O)Nc3nc(C)[nH]c(=O)c32)c1. The fourth-order valence-electron chi connectivity index (χ4n) is 4.40. The second kappa shape index (κ2) is 6.76. The molecule has 2 N–H and O–H groups in total. The summed E-state index contributed by atoms with van der Waals surface area (Å²) in [6, 6.07) is 5.42. The number of ketones is 1. The third-order valence-electron chi connectivity index (χ3n) is 5.59. The highest BCUT2D eigenvalue weighted by Crippen LogP contribution is 2.49. The fourth-order valence-corrected chi connectivity index (χ4v) is 4.40. The number of Topliss-reactive ketones (excluding diaryl/α,β-unsaturated/α-hetero) is 1. The molecule has 0 unspecified atom stereocenters. The van der Waals surface area contributed by atoms with Gasteiger partial charge in [0.1, 0.15) is 23.1 Å². The molecule has 1 aromatic carbocycles. The van der Waals surface area contributed by atoms with Crippen molar-refractivity contribution in [3.8, 4) is 11.5 Å². The van der Waals surface area contributed by atoms with E-state index in [1.54, 1.807) is 33.3 Å². The molecule has 1 aliphatic heterocycles. The lowest BCUT2D eigenvalue weighted by atomic mass is 9.69. The molecular formula is C22H25N3O4. The maximum atomic E-state index is 13.3. The average Bonchev–Trinajstić information content (AvgIpc) is 2.64. The number of aromatic amines is 1. The predicted molar refractivity (Wildman–Crippen MR) is 110 cm³/mol. The molecule has 1 aromatic heterocycles. The summed E-state index contributed by atoms with van der Waals surface area (Å²) >= 11 is 0. The smallest absolute Gasteiger partial charge is 0.257 e. The number of ether oxygens (including phenoxy) is 2. The van der Waals surface area contributed by atoms with Gasteiger partial charge in [-0.05, 0) is 37.0 Å². The first-order valence-electron chi connectivity index (χ1n) is 9.60. The Bertz CT molecular complexity index is 1100. The minimum atomic E-state index is -0.577. The second-order valence-electron chi connectivity index (χ2n) is 8.41. The van der Waals surface area contributed by atoms with Gasteiger partial charge in [-0.1, -0.05) is 13.8 Å². The summed E-state index contributed by atoms with van der Waals surface area (Å²) in [6.07, 6.45) is 1.12. The van der Waals surface area contributed by atoms with E-state index in [2.05, 4.69) is 29.1 Å². The van der Waals surface area contributed by atoms with Crippen LogP contribution in [0, 0.1) is 12.3 Å². The quantitative estimate of drug-likeness (QED) is 0.828. The Balaban J connectivity index is 2.04. The first-order chi connectivity index (χ1) is 13.7. The van der Waals surface area contributed by atoms with Crippen LogP contribution >= 0.6 is 0 Å². The zero-order valence-corrected chi connectivity index (χ0v) is 17.3. The zero-order chi connectivity index (χ0) is 20.9. The van der Waals surface area contributed by atoms with Crippen molar-refractivity contribution >= 4 is 11.6 Å². The number of carbonyl (C=O) groups excluding carboxylic acids is 1. The molecule has 0 saturated heterocycles. The first kappa shape index (κ1) is 19.2. The largest absolute Gasteiger partial charge is 0.497 e. The number of allylic oxidation sites excluding steroid dienone is 2. The maximum absolute atomic E-state index is 13.3. The van der Waals surface area contributed by atoms with Crippen LogP contribution in [0.4, 0.5) is 5.82 Å². The summed E-state index contributed by atoms with van der Waals surface area (Å²) in [6.45, 7) is 5.89. The van der Waals surface area contributed by atoms with E-state index in [9.17, 15) is 9.59 Å². The van der Waals surface area contributed by atoms with E-state index in [-0.39, 0.29) is 16.8 Å². The molecule has 152 valence electrons. The molecule has 7 nitrogen and oxygen atoms in total. The number of methoxy groups -OCH3 is 2. The molecule has 0 bridgehead atoms. The number of benzene rings is 1. The van der Waals surface area contributed by atoms with Crippen LogP contribution in [0.3, 0.4) is 0 Å². The van der Waals surface area contributed by atoms with Gasteiger partial charge in [-0.3, -0.25) is 9.59 Å². The normalized spacial score (nSPS) is 19.9. The summed E-state index contributed by atoms with van der Waals surface area (Å²) < 4.78 is 11.0. The van der Waals surface area contributed by atoms with Crippen molar-refractivity contribution in [3.05, 3.63) is 56.8 Å². The fraction of sp³-hybridized carbons (Fsp3) is 0.409. The molecule has 2 aromatic rings. The Hall–Kier alpha value is -3.09. The third kappa shape index (κ3) is 3.20. The van der Waals surface area contributed by atoms with Crippen molar-refractivity contribution in [1.82, 2.24) is 9.97 Å². The standard InChI is InChI=1S/C22H25N3O4/c1-11-23-20-19(21(27)24-11)17(13-8-12(28-4)6-7-16(13)29-5)18-14(25-20)9-22(2,3)10-15(18)26/h6-8,17H,9-10H2,1-5H3,(H2,23,24,25,27)/t17-/m0/s1. The number of aryl methyl sites for hydroxylation is 1. The lowest BCUT2D eigenvalue weighted by Gasteiger charge is -2.38. The van der Waals surface area contributed by atoms with E-state index in [1.165, 1.54) is 0 Å². The van der Waals surface area contributed by atoms with E-state index < -0.39 is 5.92 Å². The molecule has 2 aliphatic rings. The van der Waals surface area contributed by atoms with E-state index in [0.29, 0.717) is 52.7 Å². The van der Waals surface area contributed by atoms with Gasteiger partial charge in [0.15, 0.2) is 5.78 Å². The van der Waals surface area contributed by atoms with Crippen LogP contribution in [-0.4, -0.2) is 30.0 Å². The Kier molecular flexibility index (Phi) is 4.48. The number of fused-ring (bicyclic) bond motifs is 1.